The van der Waals surface area contributed by atoms with Gasteiger partial charge in [0.25, 0.3) is 0 Å². The molecule has 2 nitrogen and oxygen atoms in total. The summed E-state index contributed by atoms with van der Waals surface area (Å²) in [5.41, 5.74) is 2.28. The quantitative estimate of drug-likeness (QED) is 0.722. The molecule has 16 heavy (non-hydrogen) atoms. The fourth-order valence-corrected chi connectivity index (χ4v) is 2.68. The molecule has 1 aromatic carbocycles. The molecule has 0 radical (unpaired) electrons. The maximum absolute atomic E-state index is 13.1. The Balaban J connectivity index is 1.93. The van der Waals surface area contributed by atoms with Gasteiger partial charge < -0.3 is 4.74 Å². The van der Waals surface area contributed by atoms with Gasteiger partial charge in [-0.2, -0.15) is 0 Å². The predicted octanol–water partition coefficient (Wildman–Crippen LogP) is 2.49. The first-order valence-corrected chi connectivity index (χ1v) is 5.98. The van der Waals surface area contributed by atoms with Gasteiger partial charge in [0.2, 0.25) is 0 Å². The Bertz CT molecular complexity index is 388. The van der Waals surface area contributed by atoms with Crippen molar-refractivity contribution in [3.63, 3.8) is 0 Å². The van der Waals surface area contributed by atoms with Gasteiger partial charge in [-0.3, -0.25) is 4.90 Å². The minimum atomic E-state index is -0.138. The SMILES string of the molecule is Fc1ccc2c(c1)CCOC2N1CCCC1. The summed E-state index contributed by atoms with van der Waals surface area (Å²) in [7, 11) is 0. The van der Waals surface area contributed by atoms with E-state index in [9.17, 15) is 4.39 Å². The van der Waals surface area contributed by atoms with E-state index in [0.717, 1.165) is 30.6 Å². The lowest BCUT2D eigenvalue weighted by Crippen LogP contribution is -2.31. The molecule has 0 aliphatic carbocycles. The van der Waals surface area contributed by atoms with E-state index in [4.69, 9.17) is 4.74 Å². The Hall–Kier alpha value is -0.930. The fourth-order valence-electron chi connectivity index (χ4n) is 2.68. The van der Waals surface area contributed by atoms with Crippen molar-refractivity contribution in [1.29, 1.82) is 0 Å². The van der Waals surface area contributed by atoms with Crippen LogP contribution in [0.3, 0.4) is 0 Å². The normalized spacial score (nSPS) is 25.7. The van der Waals surface area contributed by atoms with E-state index >= 15 is 0 Å². The van der Waals surface area contributed by atoms with Gasteiger partial charge in [-0.15, -0.1) is 0 Å². The topological polar surface area (TPSA) is 12.5 Å². The molecule has 1 unspecified atom stereocenters. The summed E-state index contributed by atoms with van der Waals surface area (Å²) in [5, 5.41) is 0. The van der Waals surface area contributed by atoms with E-state index in [1.807, 2.05) is 6.07 Å². The molecular weight excluding hydrogens is 205 g/mol. The highest BCUT2D eigenvalue weighted by atomic mass is 19.1. The van der Waals surface area contributed by atoms with Crippen molar-refractivity contribution in [2.24, 2.45) is 0 Å². The van der Waals surface area contributed by atoms with Crippen molar-refractivity contribution < 1.29 is 9.13 Å². The fraction of sp³-hybridized carbons (Fsp3) is 0.538. The van der Waals surface area contributed by atoms with Crippen LogP contribution in [0.5, 0.6) is 0 Å². The molecule has 2 aliphatic heterocycles. The molecule has 1 saturated heterocycles. The summed E-state index contributed by atoms with van der Waals surface area (Å²) in [5.74, 6) is -0.138. The van der Waals surface area contributed by atoms with E-state index in [0.29, 0.717) is 6.61 Å². The smallest absolute Gasteiger partial charge is 0.137 e. The molecule has 0 saturated carbocycles. The van der Waals surface area contributed by atoms with E-state index in [1.165, 1.54) is 18.9 Å². The molecule has 0 bridgehead atoms. The van der Waals surface area contributed by atoms with Crippen LogP contribution in [0.15, 0.2) is 18.2 Å². The number of hydrogen-bond donors (Lipinski definition) is 0. The Morgan fingerprint density at radius 3 is 2.88 bits per heavy atom. The molecule has 3 rings (SSSR count). The molecule has 1 aromatic rings. The summed E-state index contributed by atoms with van der Waals surface area (Å²) in [4.78, 5) is 2.36. The number of nitrogens with zero attached hydrogens (tertiary/aromatic N) is 1. The van der Waals surface area contributed by atoms with Crippen LogP contribution in [0, 0.1) is 5.82 Å². The highest BCUT2D eigenvalue weighted by molar-refractivity contribution is 5.31. The highest BCUT2D eigenvalue weighted by Crippen LogP contribution is 2.32. The summed E-state index contributed by atoms with van der Waals surface area (Å²) in [6, 6.07) is 5.07. The Kier molecular flexibility index (Phi) is 2.65. The first-order chi connectivity index (χ1) is 7.84. The van der Waals surface area contributed by atoms with Crippen molar-refractivity contribution in [3.8, 4) is 0 Å². The van der Waals surface area contributed by atoms with Gasteiger partial charge in [-0.25, -0.2) is 4.39 Å². The largest absolute Gasteiger partial charge is 0.358 e. The maximum Gasteiger partial charge on any atom is 0.137 e. The minimum absolute atomic E-state index is 0.0619. The van der Waals surface area contributed by atoms with Crippen molar-refractivity contribution >= 4 is 0 Å². The average molecular weight is 221 g/mol. The van der Waals surface area contributed by atoms with Gasteiger partial charge in [-0.1, -0.05) is 6.07 Å². The summed E-state index contributed by atoms with van der Waals surface area (Å²) in [6.07, 6.45) is 3.39. The molecule has 2 aliphatic rings. The van der Waals surface area contributed by atoms with Gasteiger partial charge in [0.05, 0.1) is 6.61 Å². The van der Waals surface area contributed by atoms with Crippen LogP contribution in [0.1, 0.15) is 30.2 Å². The van der Waals surface area contributed by atoms with Crippen LogP contribution in [0.2, 0.25) is 0 Å². The molecule has 2 heterocycles. The van der Waals surface area contributed by atoms with Gasteiger partial charge >= 0.3 is 0 Å². The number of benzene rings is 1. The standard InChI is InChI=1S/C13H16FNO/c14-11-3-4-12-10(9-11)5-8-16-13(12)15-6-1-2-7-15/h3-4,9,13H,1-2,5-8H2. The molecule has 0 spiro atoms. The number of hydrogen-bond acceptors (Lipinski definition) is 2. The zero-order chi connectivity index (χ0) is 11.0. The van der Waals surface area contributed by atoms with Gasteiger partial charge in [0, 0.05) is 13.1 Å². The minimum Gasteiger partial charge on any atom is -0.358 e. The van der Waals surface area contributed by atoms with E-state index in [1.54, 1.807) is 6.07 Å². The lowest BCUT2D eigenvalue weighted by atomic mass is 10.0. The molecule has 3 heteroatoms. The number of rotatable bonds is 1. The van der Waals surface area contributed by atoms with Crippen LogP contribution in [-0.4, -0.2) is 24.6 Å². The second-order valence-corrected chi connectivity index (χ2v) is 4.56. The van der Waals surface area contributed by atoms with Crippen LogP contribution < -0.4 is 0 Å². The van der Waals surface area contributed by atoms with Crippen molar-refractivity contribution in [2.75, 3.05) is 19.7 Å². The molecule has 1 fully saturated rings. The number of halogens is 1. The summed E-state index contributed by atoms with van der Waals surface area (Å²) in [6.45, 7) is 2.90. The van der Waals surface area contributed by atoms with Crippen molar-refractivity contribution in [3.05, 3.63) is 35.1 Å². The van der Waals surface area contributed by atoms with Crippen molar-refractivity contribution in [2.45, 2.75) is 25.5 Å². The summed E-state index contributed by atoms with van der Waals surface area (Å²) >= 11 is 0. The third kappa shape index (κ3) is 1.74. The number of ether oxygens (including phenoxy) is 1. The first kappa shape index (κ1) is 10.2. The van der Waals surface area contributed by atoms with Gasteiger partial charge in [0.1, 0.15) is 12.0 Å². The van der Waals surface area contributed by atoms with Crippen LogP contribution in [0.25, 0.3) is 0 Å². The number of likely N-dealkylation sites (tertiary alicyclic amines) is 1. The molecule has 0 amide bonds. The van der Waals surface area contributed by atoms with Crippen LogP contribution >= 0.6 is 0 Å². The van der Waals surface area contributed by atoms with Crippen molar-refractivity contribution in [1.82, 2.24) is 4.90 Å². The Morgan fingerprint density at radius 1 is 1.25 bits per heavy atom. The summed E-state index contributed by atoms with van der Waals surface area (Å²) < 4.78 is 19.0. The Morgan fingerprint density at radius 2 is 2.06 bits per heavy atom. The molecular formula is C13H16FNO. The third-order valence-corrected chi connectivity index (χ3v) is 3.49. The highest BCUT2D eigenvalue weighted by Gasteiger charge is 2.28. The molecule has 1 atom stereocenters. The monoisotopic (exact) mass is 221 g/mol. The van der Waals surface area contributed by atoms with Gasteiger partial charge in [0.15, 0.2) is 0 Å². The third-order valence-electron chi connectivity index (χ3n) is 3.49. The first-order valence-electron chi connectivity index (χ1n) is 5.98. The lowest BCUT2D eigenvalue weighted by molar-refractivity contribution is -0.0600. The lowest BCUT2D eigenvalue weighted by Gasteiger charge is -2.32. The predicted molar refractivity (Wildman–Crippen MR) is 59.6 cm³/mol. The van der Waals surface area contributed by atoms with E-state index < -0.39 is 0 Å². The molecule has 86 valence electrons. The van der Waals surface area contributed by atoms with Crippen LogP contribution in [0.4, 0.5) is 4.39 Å². The maximum atomic E-state index is 13.1. The zero-order valence-electron chi connectivity index (χ0n) is 9.29. The zero-order valence-corrected chi connectivity index (χ0v) is 9.29. The Labute approximate surface area is 95.0 Å². The number of fused-ring (bicyclic) bond motifs is 1. The second-order valence-electron chi connectivity index (χ2n) is 4.56. The van der Waals surface area contributed by atoms with E-state index in [-0.39, 0.29) is 12.0 Å². The average Bonchev–Trinajstić information content (AvgIpc) is 2.81. The van der Waals surface area contributed by atoms with Gasteiger partial charge in [-0.05, 0) is 42.5 Å². The second kappa shape index (κ2) is 4.15. The molecule has 0 N–H and O–H groups in total. The molecule has 0 aromatic heterocycles. The van der Waals surface area contributed by atoms with Crippen LogP contribution in [-0.2, 0) is 11.2 Å². The van der Waals surface area contributed by atoms with E-state index in [2.05, 4.69) is 4.90 Å².